The van der Waals surface area contributed by atoms with Crippen molar-refractivity contribution in [2.45, 2.75) is 20.3 Å². The van der Waals surface area contributed by atoms with Crippen molar-refractivity contribution in [1.82, 2.24) is 0 Å². The Morgan fingerprint density at radius 1 is 1.36 bits per heavy atom. The third-order valence-electron chi connectivity index (χ3n) is 2.84. The van der Waals surface area contributed by atoms with Gasteiger partial charge in [-0.1, -0.05) is 17.3 Å². The number of carbonyl (C=O) groups is 1. The van der Waals surface area contributed by atoms with E-state index in [1.165, 1.54) is 0 Å². The second-order valence-electron chi connectivity index (χ2n) is 3.59. The van der Waals surface area contributed by atoms with Crippen LogP contribution in [-0.2, 0) is 6.42 Å². The third-order valence-corrected chi connectivity index (χ3v) is 2.84. The molecule has 3 nitrogen and oxygen atoms in total. The number of carbonyl (C=O) groups excluding carboxylic acids is 1. The van der Waals surface area contributed by atoms with Gasteiger partial charge in [0.15, 0.2) is 0 Å². The lowest BCUT2D eigenvalue weighted by Gasteiger charge is -2.04. The van der Waals surface area contributed by atoms with Crippen LogP contribution in [0.3, 0.4) is 0 Å². The average Bonchev–Trinajstić information content (AvgIpc) is 2.50. The minimum absolute atomic E-state index is 0.148. The lowest BCUT2D eigenvalue weighted by molar-refractivity contribution is 0.106. The lowest BCUT2D eigenvalue weighted by Crippen LogP contribution is -2.06. The predicted molar refractivity (Wildman–Crippen MR) is 53.2 cm³/mol. The van der Waals surface area contributed by atoms with Crippen LogP contribution in [0.2, 0.25) is 0 Å². The van der Waals surface area contributed by atoms with E-state index < -0.39 is 0 Å². The van der Waals surface area contributed by atoms with E-state index in [9.17, 15) is 4.79 Å². The molecule has 72 valence electrons. The smallest absolute Gasteiger partial charge is 0.211 e. The fourth-order valence-electron chi connectivity index (χ4n) is 1.80. The summed E-state index contributed by atoms with van der Waals surface area (Å²) in [5, 5.41) is 11.7. The van der Waals surface area contributed by atoms with Crippen molar-refractivity contribution < 1.29 is 10.0 Å². The maximum atomic E-state index is 11.6. The number of Topliss-reactive ketones (excluding diaryl/α,β-unsaturated/α-hetero) is 1. The van der Waals surface area contributed by atoms with Crippen LogP contribution in [0.4, 0.5) is 0 Å². The molecule has 1 aromatic rings. The van der Waals surface area contributed by atoms with Crippen molar-refractivity contribution in [3.8, 4) is 0 Å². The minimum atomic E-state index is -0.148. The van der Waals surface area contributed by atoms with Crippen molar-refractivity contribution in [1.29, 1.82) is 0 Å². The second kappa shape index (κ2) is 2.94. The number of rotatable bonds is 0. The molecule has 0 saturated carbocycles. The van der Waals surface area contributed by atoms with Crippen LogP contribution in [0.5, 0.6) is 0 Å². The molecule has 1 aromatic carbocycles. The van der Waals surface area contributed by atoms with Crippen LogP contribution in [0.25, 0.3) is 0 Å². The molecular weight excluding hydrogens is 178 g/mol. The highest BCUT2D eigenvalue weighted by atomic mass is 16.4. The highest BCUT2D eigenvalue weighted by Crippen LogP contribution is 2.25. The van der Waals surface area contributed by atoms with E-state index in [0.717, 1.165) is 16.7 Å². The zero-order valence-corrected chi connectivity index (χ0v) is 8.16. The zero-order valence-electron chi connectivity index (χ0n) is 8.16. The Hall–Kier alpha value is -1.64. The Balaban J connectivity index is 2.65. The molecule has 1 aliphatic rings. The van der Waals surface area contributed by atoms with Crippen molar-refractivity contribution in [3.63, 3.8) is 0 Å². The normalized spacial score (nSPS) is 17.6. The molecule has 0 spiro atoms. The van der Waals surface area contributed by atoms with Crippen LogP contribution >= 0.6 is 0 Å². The Morgan fingerprint density at radius 3 is 2.71 bits per heavy atom. The lowest BCUT2D eigenvalue weighted by atomic mass is 10.00. The van der Waals surface area contributed by atoms with Crippen LogP contribution in [0, 0.1) is 13.8 Å². The monoisotopic (exact) mass is 189 g/mol. The van der Waals surface area contributed by atoms with Crippen LogP contribution < -0.4 is 0 Å². The molecule has 0 amide bonds. The number of hydrogen-bond acceptors (Lipinski definition) is 3. The zero-order chi connectivity index (χ0) is 10.3. The largest absolute Gasteiger partial charge is 0.411 e. The number of aryl methyl sites for hydroxylation is 1. The Morgan fingerprint density at radius 2 is 2.07 bits per heavy atom. The van der Waals surface area contributed by atoms with E-state index in [-0.39, 0.29) is 11.5 Å². The fraction of sp³-hybridized carbons (Fsp3) is 0.273. The van der Waals surface area contributed by atoms with Gasteiger partial charge in [-0.2, -0.15) is 0 Å². The van der Waals surface area contributed by atoms with Gasteiger partial charge in [0.05, 0.1) is 0 Å². The van der Waals surface area contributed by atoms with Gasteiger partial charge in [-0.05, 0) is 30.5 Å². The minimum Gasteiger partial charge on any atom is -0.411 e. The van der Waals surface area contributed by atoms with Crippen molar-refractivity contribution in [3.05, 3.63) is 34.4 Å². The summed E-state index contributed by atoms with van der Waals surface area (Å²) in [4.78, 5) is 11.6. The van der Waals surface area contributed by atoms with E-state index >= 15 is 0 Å². The molecule has 2 rings (SSSR count). The summed E-state index contributed by atoms with van der Waals surface area (Å²) in [6.07, 6.45) is 0.457. The number of hydrogen-bond donors (Lipinski definition) is 1. The van der Waals surface area contributed by atoms with Gasteiger partial charge in [-0.3, -0.25) is 4.79 Å². The fourth-order valence-corrected chi connectivity index (χ4v) is 1.80. The van der Waals surface area contributed by atoms with E-state index in [1.807, 2.05) is 19.9 Å². The van der Waals surface area contributed by atoms with Gasteiger partial charge < -0.3 is 5.21 Å². The topological polar surface area (TPSA) is 49.7 Å². The van der Waals surface area contributed by atoms with Gasteiger partial charge in [0, 0.05) is 12.0 Å². The SMILES string of the molecule is Cc1ccc2c(c1C)CC(=NO)C2=O. The molecule has 3 heteroatoms. The molecule has 0 fully saturated rings. The van der Waals surface area contributed by atoms with E-state index in [4.69, 9.17) is 5.21 Å². The van der Waals surface area contributed by atoms with Gasteiger partial charge in [-0.15, -0.1) is 0 Å². The molecule has 0 aliphatic heterocycles. The van der Waals surface area contributed by atoms with E-state index in [2.05, 4.69) is 5.16 Å². The molecule has 1 aliphatic carbocycles. The molecule has 0 atom stereocenters. The number of ketones is 1. The van der Waals surface area contributed by atoms with Crippen molar-refractivity contribution in [2.24, 2.45) is 5.16 Å². The second-order valence-corrected chi connectivity index (χ2v) is 3.59. The summed E-state index contributed by atoms with van der Waals surface area (Å²) in [5.74, 6) is -0.148. The number of nitrogens with zero attached hydrogens (tertiary/aromatic N) is 1. The molecular formula is C11H11NO2. The summed E-state index contributed by atoms with van der Waals surface area (Å²) in [7, 11) is 0. The van der Waals surface area contributed by atoms with Gasteiger partial charge in [-0.25, -0.2) is 0 Å². The molecule has 14 heavy (non-hydrogen) atoms. The van der Waals surface area contributed by atoms with Crippen LogP contribution in [0.15, 0.2) is 17.3 Å². The molecule has 0 aromatic heterocycles. The van der Waals surface area contributed by atoms with Gasteiger partial charge in [0.25, 0.3) is 0 Å². The summed E-state index contributed by atoms with van der Waals surface area (Å²) >= 11 is 0. The summed E-state index contributed by atoms with van der Waals surface area (Å²) in [5.41, 5.74) is 4.21. The first-order valence-electron chi connectivity index (χ1n) is 4.50. The Bertz CT molecular complexity index is 447. The molecule has 0 bridgehead atoms. The quantitative estimate of drug-likeness (QED) is 0.500. The maximum Gasteiger partial charge on any atom is 0.211 e. The molecule has 1 N–H and O–H groups in total. The van der Waals surface area contributed by atoms with Gasteiger partial charge in [0.1, 0.15) is 5.71 Å². The number of benzene rings is 1. The van der Waals surface area contributed by atoms with Crippen molar-refractivity contribution >= 4 is 11.5 Å². The standard InChI is InChI=1S/C11H11NO2/c1-6-3-4-8-9(7(6)2)5-10(12-14)11(8)13/h3-4,14H,5H2,1-2H3. The van der Waals surface area contributed by atoms with Crippen molar-refractivity contribution in [2.75, 3.05) is 0 Å². The Kier molecular flexibility index (Phi) is 1.88. The van der Waals surface area contributed by atoms with Gasteiger partial charge in [0.2, 0.25) is 5.78 Å². The van der Waals surface area contributed by atoms with Gasteiger partial charge >= 0.3 is 0 Å². The number of oxime groups is 1. The molecule has 0 unspecified atom stereocenters. The first-order valence-corrected chi connectivity index (χ1v) is 4.50. The average molecular weight is 189 g/mol. The molecule has 0 radical (unpaired) electrons. The number of fused-ring (bicyclic) bond motifs is 1. The summed E-state index contributed by atoms with van der Waals surface area (Å²) < 4.78 is 0. The summed E-state index contributed by atoms with van der Waals surface area (Å²) in [6, 6.07) is 3.73. The first-order chi connectivity index (χ1) is 6.65. The summed E-state index contributed by atoms with van der Waals surface area (Å²) in [6.45, 7) is 4.00. The predicted octanol–water partition coefficient (Wildman–Crippen LogP) is 1.87. The highest BCUT2D eigenvalue weighted by Gasteiger charge is 2.28. The third kappa shape index (κ3) is 1.05. The Labute approximate surface area is 82.1 Å². The first kappa shape index (κ1) is 8.94. The van der Waals surface area contributed by atoms with E-state index in [0.29, 0.717) is 12.0 Å². The van der Waals surface area contributed by atoms with Crippen LogP contribution in [0.1, 0.15) is 27.0 Å². The van der Waals surface area contributed by atoms with Crippen LogP contribution in [-0.4, -0.2) is 16.7 Å². The molecule has 0 heterocycles. The van der Waals surface area contributed by atoms with E-state index in [1.54, 1.807) is 6.07 Å². The molecule has 0 saturated heterocycles. The highest BCUT2D eigenvalue weighted by molar-refractivity contribution is 6.49. The maximum absolute atomic E-state index is 11.6.